The normalized spacial score (nSPS) is 17.2. The molecule has 1 aliphatic heterocycles. The van der Waals surface area contributed by atoms with Crippen LogP contribution in [-0.4, -0.2) is 44.8 Å². The number of halogens is 2. The maximum absolute atomic E-state index is 12.4. The summed E-state index contributed by atoms with van der Waals surface area (Å²) in [4.78, 5) is 2.25. The zero-order valence-electron chi connectivity index (χ0n) is 11.7. The largest absolute Gasteiger partial charge is 0.497 e. The summed E-state index contributed by atoms with van der Waals surface area (Å²) in [6.07, 6.45) is 1.95. The van der Waals surface area contributed by atoms with Gasteiger partial charge in [0.15, 0.2) is 0 Å². The predicted octanol–water partition coefficient (Wildman–Crippen LogP) is 2.80. The van der Waals surface area contributed by atoms with E-state index in [9.17, 15) is 8.78 Å². The fraction of sp³-hybridized carbons (Fsp3) is 0.571. The monoisotopic (exact) mass is 286 g/mol. The van der Waals surface area contributed by atoms with Crippen molar-refractivity contribution < 1.29 is 18.3 Å². The quantitative estimate of drug-likeness (QED) is 0.902. The number of nitrogens with one attached hydrogen (secondary N) is 1. The standard InChI is InChI=1S/C14H20F2N2O2/c1-18-7-5-10(6-8-18)17-12-9-11(19-2)3-4-13(12)20-14(15)16/h3-4,9-10,14,17H,5-8H2,1-2H3. The van der Waals surface area contributed by atoms with Crippen molar-refractivity contribution in [3.05, 3.63) is 18.2 Å². The highest BCUT2D eigenvalue weighted by Gasteiger charge is 2.19. The van der Waals surface area contributed by atoms with Crippen LogP contribution in [0, 0.1) is 0 Å². The number of anilines is 1. The molecule has 1 aromatic rings. The van der Waals surface area contributed by atoms with Gasteiger partial charge in [0.05, 0.1) is 12.8 Å². The molecular weight excluding hydrogens is 266 g/mol. The minimum Gasteiger partial charge on any atom is -0.497 e. The molecule has 2 rings (SSSR count). The van der Waals surface area contributed by atoms with E-state index in [0.717, 1.165) is 25.9 Å². The summed E-state index contributed by atoms with van der Waals surface area (Å²) < 4.78 is 34.5. The number of rotatable bonds is 5. The minimum atomic E-state index is -2.83. The molecule has 4 nitrogen and oxygen atoms in total. The van der Waals surface area contributed by atoms with Gasteiger partial charge in [-0.3, -0.25) is 0 Å². The Kier molecular flexibility index (Phi) is 5.00. The maximum Gasteiger partial charge on any atom is 0.387 e. The molecule has 0 amide bonds. The van der Waals surface area contributed by atoms with Crippen LogP contribution in [0.2, 0.25) is 0 Å². The van der Waals surface area contributed by atoms with Crippen LogP contribution in [0.3, 0.4) is 0 Å². The van der Waals surface area contributed by atoms with E-state index in [4.69, 9.17) is 4.74 Å². The summed E-state index contributed by atoms with van der Waals surface area (Å²) in [6, 6.07) is 5.06. The third-order valence-corrected chi connectivity index (χ3v) is 3.48. The van der Waals surface area contributed by atoms with Gasteiger partial charge in [0.25, 0.3) is 0 Å². The number of alkyl halides is 2. The lowest BCUT2D eigenvalue weighted by molar-refractivity contribution is -0.0494. The maximum atomic E-state index is 12.4. The van der Waals surface area contributed by atoms with E-state index in [2.05, 4.69) is 22.0 Å². The highest BCUT2D eigenvalue weighted by molar-refractivity contribution is 5.60. The lowest BCUT2D eigenvalue weighted by Crippen LogP contribution is -2.36. The Morgan fingerprint density at radius 2 is 2.00 bits per heavy atom. The van der Waals surface area contributed by atoms with Crippen LogP contribution in [0.25, 0.3) is 0 Å². The van der Waals surface area contributed by atoms with Crippen LogP contribution in [0.5, 0.6) is 11.5 Å². The fourth-order valence-corrected chi connectivity index (χ4v) is 2.32. The first kappa shape index (κ1) is 14.8. The number of hydrogen-bond donors (Lipinski definition) is 1. The molecule has 112 valence electrons. The first-order valence-corrected chi connectivity index (χ1v) is 6.66. The first-order valence-electron chi connectivity index (χ1n) is 6.66. The van der Waals surface area contributed by atoms with Crippen LogP contribution < -0.4 is 14.8 Å². The predicted molar refractivity (Wildman–Crippen MR) is 73.8 cm³/mol. The average molecular weight is 286 g/mol. The van der Waals surface area contributed by atoms with Crippen molar-refractivity contribution in [1.29, 1.82) is 0 Å². The molecule has 0 atom stereocenters. The molecule has 0 spiro atoms. The highest BCUT2D eigenvalue weighted by Crippen LogP contribution is 2.32. The number of hydrogen-bond acceptors (Lipinski definition) is 4. The van der Waals surface area contributed by atoms with E-state index >= 15 is 0 Å². The Balaban J connectivity index is 2.10. The summed E-state index contributed by atoms with van der Waals surface area (Å²) in [5, 5.41) is 3.29. The van der Waals surface area contributed by atoms with Crippen LogP contribution in [0.1, 0.15) is 12.8 Å². The molecule has 1 saturated heterocycles. The second kappa shape index (κ2) is 6.74. The van der Waals surface area contributed by atoms with E-state index in [1.807, 2.05) is 0 Å². The molecule has 0 aromatic heterocycles. The Hall–Kier alpha value is -1.56. The molecule has 1 aliphatic rings. The van der Waals surface area contributed by atoms with Crippen molar-refractivity contribution in [2.24, 2.45) is 0 Å². The Bertz CT molecular complexity index is 435. The molecule has 1 heterocycles. The SMILES string of the molecule is COc1ccc(OC(F)F)c(NC2CCN(C)CC2)c1. The lowest BCUT2D eigenvalue weighted by Gasteiger charge is -2.30. The van der Waals surface area contributed by atoms with Crippen LogP contribution in [0.15, 0.2) is 18.2 Å². The van der Waals surface area contributed by atoms with Crippen molar-refractivity contribution in [3.8, 4) is 11.5 Å². The molecule has 1 aromatic carbocycles. The van der Waals surface area contributed by atoms with Crippen LogP contribution in [-0.2, 0) is 0 Å². The van der Waals surface area contributed by atoms with E-state index in [1.54, 1.807) is 19.2 Å². The summed E-state index contributed by atoms with van der Waals surface area (Å²) >= 11 is 0. The van der Waals surface area contributed by atoms with E-state index < -0.39 is 6.61 Å². The Morgan fingerprint density at radius 1 is 1.30 bits per heavy atom. The van der Waals surface area contributed by atoms with Crippen LogP contribution in [0.4, 0.5) is 14.5 Å². The third-order valence-electron chi connectivity index (χ3n) is 3.48. The van der Waals surface area contributed by atoms with Gasteiger partial charge in [-0.15, -0.1) is 0 Å². The number of methoxy groups -OCH3 is 1. The second-order valence-electron chi connectivity index (χ2n) is 4.96. The molecule has 6 heteroatoms. The van der Waals surface area contributed by atoms with Gasteiger partial charge in [0.2, 0.25) is 0 Å². The van der Waals surface area contributed by atoms with Crippen molar-refractivity contribution in [3.63, 3.8) is 0 Å². The van der Waals surface area contributed by atoms with Gasteiger partial charge < -0.3 is 19.7 Å². The molecule has 0 saturated carbocycles. The Labute approximate surface area is 117 Å². The van der Waals surface area contributed by atoms with Crippen molar-refractivity contribution in [2.75, 3.05) is 32.6 Å². The number of ether oxygens (including phenoxy) is 2. The lowest BCUT2D eigenvalue weighted by atomic mass is 10.1. The van der Waals surface area contributed by atoms with Gasteiger partial charge in [-0.2, -0.15) is 8.78 Å². The summed E-state index contributed by atoms with van der Waals surface area (Å²) in [6.45, 7) is -0.847. The molecule has 1 fully saturated rings. The smallest absolute Gasteiger partial charge is 0.387 e. The van der Waals surface area contributed by atoms with Gasteiger partial charge in [-0.1, -0.05) is 0 Å². The molecule has 1 N–H and O–H groups in total. The Morgan fingerprint density at radius 3 is 2.60 bits per heavy atom. The molecular formula is C14H20F2N2O2. The van der Waals surface area contributed by atoms with Crippen molar-refractivity contribution in [1.82, 2.24) is 4.90 Å². The minimum absolute atomic E-state index is 0.153. The summed E-state index contributed by atoms with van der Waals surface area (Å²) in [7, 11) is 3.62. The zero-order valence-corrected chi connectivity index (χ0v) is 11.7. The highest BCUT2D eigenvalue weighted by atomic mass is 19.3. The first-order chi connectivity index (χ1) is 9.58. The fourth-order valence-electron chi connectivity index (χ4n) is 2.32. The van der Waals surface area contributed by atoms with Crippen molar-refractivity contribution >= 4 is 5.69 Å². The topological polar surface area (TPSA) is 33.7 Å². The molecule has 0 bridgehead atoms. The van der Waals surface area contributed by atoms with Crippen LogP contribution >= 0.6 is 0 Å². The number of likely N-dealkylation sites (tertiary alicyclic amines) is 1. The van der Waals surface area contributed by atoms with Gasteiger partial charge in [-0.05, 0) is 45.1 Å². The summed E-state index contributed by atoms with van der Waals surface area (Å²) in [5.74, 6) is 0.766. The van der Waals surface area contributed by atoms with E-state index in [0.29, 0.717) is 11.4 Å². The molecule has 0 unspecified atom stereocenters. The number of piperidine rings is 1. The van der Waals surface area contributed by atoms with E-state index in [-0.39, 0.29) is 11.8 Å². The van der Waals surface area contributed by atoms with E-state index in [1.165, 1.54) is 6.07 Å². The average Bonchev–Trinajstić information content (AvgIpc) is 2.42. The third kappa shape index (κ3) is 3.96. The number of nitrogens with zero attached hydrogens (tertiary/aromatic N) is 1. The molecule has 0 radical (unpaired) electrons. The molecule has 20 heavy (non-hydrogen) atoms. The zero-order chi connectivity index (χ0) is 14.5. The van der Waals surface area contributed by atoms with Gasteiger partial charge >= 0.3 is 6.61 Å². The molecule has 0 aliphatic carbocycles. The van der Waals surface area contributed by atoms with Crippen molar-refractivity contribution in [2.45, 2.75) is 25.5 Å². The second-order valence-corrected chi connectivity index (χ2v) is 4.96. The van der Waals surface area contributed by atoms with Gasteiger partial charge in [-0.25, -0.2) is 0 Å². The van der Waals surface area contributed by atoms with Gasteiger partial charge in [0.1, 0.15) is 11.5 Å². The van der Waals surface area contributed by atoms with Gasteiger partial charge in [0, 0.05) is 12.1 Å². The summed E-state index contributed by atoms with van der Waals surface area (Å²) in [5.41, 5.74) is 0.555. The number of benzene rings is 1.